The van der Waals surface area contributed by atoms with Crippen molar-refractivity contribution in [2.24, 2.45) is 0 Å². The molecule has 6 nitrogen and oxygen atoms in total. The van der Waals surface area contributed by atoms with E-state index in [0.717, 1.165) is 0 Å². The second-order valence-corrected chi connectivity index (χ2v) is 5.01. The minimum Gasteiger partial charge on any atom is -0.504 e. The molecule has 1 heterocycles. The number of aromatic nitrogens is 2. The minimum atomic E-state index is -0.278. The lowest BCUT2D eigenvalue weighted by molar-refractivity contribution is 0.398. The normalized spacial score (nSPS) is 10.8. The summed E-state index contributed by atoms with van der Waals surface area (Å²) in [5, 5.41) is 16.0. The number of aromatic hydroxyl groups is 1. The van der Waals surface area contributed by atoms with Gasteiger partial charge in [0.05, 0.1) is 5.02 Å². The van der Waals surface area contributed by atoms with Gasteiger partial charge in [0, 0.05) is 23.4 Å². The predicted octanol–water partition coefficient (Wildman–Crippen LogP) is 2.63. The van der Waals surface area contributed by atoms with E-state index in [1.807, 2.05) is 13.8 Å². The molecule has 0 atom stereocenters. The zero-order chi connectivity index (χ0) is 14.9. The molecule has 0 aliphatic heterocycles. The number of anilines is 1. The number of aromatic amines is 1. The highest BCUT2D eigenvalue weighted by Crippen LogP contribution is 2.38. The number of rotatable bonds is 3. The maximum atomic E-state index is 11.6. The van der Waals surface area contributed by atoms with Gasteiger partial charge in [-0.15, -0.1) is 5.10 Å². The lowest BCUT2D eigenvalue weighted by Gasteiger charge is -2.10. The van der Waals surface area contributed by atoms with E-state index in [1.165, 1.54) is 18.2 Å². The first kappa shape index (κ1) is 14.2. The van der Waals surface area contributed by atoms with Gasteiger partial charge in [-0.3, -0.25) is 4.79 Å². The maximum absolute atomic E-state index is 11.6. The Morgan fingerprint density at radius 1 is 1.40 bits per heavy atom. The van der Waals surface area contributed by atoms with Gasteiger partial charge in [-0.25, -0.2) is 5.10 Å². The number of hydrogen-bond donors (Lipinski definition) is 3. The number of halogens is 1. The molecule has 2 aromatic rings. The summed E-state index contributed by atoms with van der Waals surface area (Å²) in [6.45, 7) is 3.75. The number of phenolic OH excluding ortho intramolecular Hbond substituents is 1. The lowest BCUT2D eigenvalue weighted by Crippen LogP contribution is -2.15. The van der Waals surface area contributed by atoms with Crippen LogP contribution in [0.15, 0.2) is 23.0 Å². The number of nitrogen functional groups attached to an aromatic ring is 1. The van der Waals surface area contributed by atoms with E-state index < -0.39 is 0 Å². The van der Waals surface area contributed by atoms with Crippen LogP contribution in [0.25, 0.3) is 0 Å². The minimum absolute atomic E-state index is 0.0135. The molecule has 0 unspecified atom stereocenters. The van der Waals surface area contributed by atoms with E-state index in [0.29, 0.717) is 11.3 Å². The van der Waals surface area contributed by atoms with Crippen molar-refractivity contribution in [3.63, 3.8) is 0 Å². The summed E-state index contributed by atoms with van der Waals surface area (Å²) in [5.74, 6) is -0.0147. The van der Waals surface area contributed by atoms with E-state index in [1.54, 1.807) is 0 Å². The van der Waals surface area contributed by atoms with Gasteiger partial charge in [0.15, 0.2) is 11.5 Å². The van der Waals surface area contributed by atoms with Crippen molar-refractivity contribution in [3.8, 4) is 17.4 Å². The fraction of sp³-hybridized carbons (Fsp3) is 0.231. The van der Waals surface area contributed by atoms with Gasteiger partial charge in [-0.2, -0.15) is 0 Å². The van der Waals surface area contributed by atoms with Crippen molar-refractivity contribution in [1.82, 2.24) is 10.2 Å². The molecule has 0 aliphatic carbocycles. The number of nitrogens with zero attached hydrogens (tertiary/aromatic N) is 1. The standard InChI is InChI=1S/C13H14ClN3O3/c1-6(2)8-5-11(16-17-13(8)19)20-12-9(14)3-7(15)4-10(12)18/h3-6,18H,15H2,1-2H3,(H,17,19). The summed E-state index contributed by atoms with van der Waals surface area (Å²) in [7, 11) is 0. The van der Waals surface area contributed by atoms with Crippen LogP contribution < -0.4 is 16.0 Å². The fourth-order valence-electron chi connectivity index (χ4n) is 1.69. The molecule has 2 rings (SSSR count). The molecule has 0 fully saturated rings. The van der Waals surface area contributed by atoms with E-state index >= 15 is 0 Å². The van der Waals surface area contributed by atoms with Gasteiger partial charge in [0.25, 0.3) is 5.56 Å². The summed E-state index contributed by atoms with van der Waals surface area (Å²) in [6.07, 6.45) is 0. The Labute approximate surface area is 120 Å². The Morgan fingerprint density at radius 2 is 2.10 bits per heavy atom. The smallest absolute Gasteiger partial charge is 0.267 e. The van der Waals surface area contributed by atoms with E-state index in [2.05, 4.69) is 10.2 Å². The monoisotopic (exact) mass is 295 g/mol. The second kappa shape index (κ2) is 5.42. The van der Waals surface area contributed by atoms with Crippen LogP contribution in [0.1, 0.15) is 25.3 Å². The van der Waals surface area contributed by atoms with Crippen LogP contribution in [0.5, 0.6) is 17.4 Å². The third-order valence-electron chi connectivity index (χ3n) is 2.68. The summed E-state index contributed by atoms with van der Waals surface area (Å²) >= 11 is 5.95. The van der Waals surface area contributed by atoms with Crippen LogP contribution >= 0.6 is 11.6 Å². The Balaban J connectivity index is 2.41. The molecule has 0 saturated carbocycles. The molecule has 20 heavy (non-hydrogen) atoms. The molecule has 0 radical (unpaired) electrons. The van der Waals surface area contributed by atoms with Crippen molar-refractivity contribution in [1.29, 1.82) is 0 Å². The molecule has 106 valence electrons. The van der Waals surface area contributed by atoms with Crippen molar-refractivity contribution in [2.75, 3.05) is 5.73 Å². The highest BCUT2D eigenvalue weighted by atomic mass is 35.5. The summed E-state index contributed by atoms with van der Waals surface area (Å²) < 4.78 is 5.42. The average molecular weight is 296 g/mol. The number of ether oxygens (including phenoxy) is 1. The highest BCUT2D eigenvalue weighted by Gasteiger charge is 2.14. The fourth-order valence-corrected chi connectivity index (χ4v) is 1.95. The molecule has 1 aromatic carbocycles. The zero-order valence-corrected chi connectivity index (χ0v) is 11.7. The first-order chi connectivity index (χ1) is 9.38. The lowest BCUT2D eigenvalue weighted by atomic mass is 10.1. The number of phenols is 1. The van der Waals surface area contributed by atoms with Crippen LogP contribution in [0.2, 0.25) is 5.02 Å². The van der Waals surface area contributed by atoms with E-state index in [9.17, 15) is 9.90 Å². The number of hydrogen-bond acceptors (Lipinski definition) is 5. The first-order valence-corrected chi connectivity index (χ1v) is 6.31. The van der Waals surface area contributed by atoms with E-state index in [4.69, 9.17) is 22.1 Å². The number of H-pyrrole nitrogens is 1. The van der Waals surface area contributed by atoms with Crippen LogP contribution in [0.3, 0.4) is 0 Å². The van der Waals surface area contributed by atoms with Crippen LogP contribution in [-0.2, 0) is 0 Å². The van der Waals surface area contributed by atoms with Gasteiger partial charge in [0.1, 0.15) is 0 Å². The van der Waals surface area contributed by atoms with E-state index in [-0.39, 0.29) is 33.9 Å². The second-order valence-electron chi connectivity index (χ2n) is 4.60. The highest BCUT2D eigenvalue weighted by molar-refractivity contribution is 6.32. The summed E-state index contributed by atoms with van der Waals surface area (Å²) in [4.78, 5) is 11.6. The summed E-state index contributed by atoms with van der Waals surface area (Å²) in [6, 6.07) is 4.28. The Kier molecular flexibility index (Phi) is 3.85. The van der Waals surface area contributed by atoms with Gasteiger partial charge in [0.2, 0.25) is 5.88 Å². The number of benzene rings is 1. The Morgan fingerprint density at radius 3 is 2.70 bits per heavy atom. The SMILES string of the molecule is CC(C)c1cc(Oc2c(O)cc(N)cc2Cl)n[nH]c1=O. The Bertz CT molecular complexity index is 674. The van der Waals surface area contributed by atoms with Gasteiger partial charge < -0.3 is 15.6 Å². The molecule has 7 heteroatoms. The maximum Gasteiger partial charge on any atom is 0.267 e. The van der Waals surface area contributed by atoms with Gasteiger partial charge in [-0.1, -0.05) is 25.4 Å². The third kappa shape index (κ3) is 2.85. The quantitative estimate of drug-likeness (QED) is 0.756. The molecule has 0 saturated heterocycles. The van der Waals surface area contributed by atoms with Crippen molar-refractivity contribution < 1.29 is 9.84 Å². The average Bonchev–Trinajstić information content (AvgIpc) is 2.35. The van der Waals surface area contributed by atoms with Crippen molar-refractivity contribution in [2.45, 2.75) is 19.8 Å². The molecule has 0 spiro atoms. The molecular weight excluding hydrogens is 282 g/mol. The molecular formula is C13H14ClN3O3. The first-order valence-electron chi connectivity index (χ1n) is 5.94. The molecule has 4 N–H and O–H groups in total. The molecule has 0 amide bonds. The van der Waals surface area contributed by atoms with Crippen LogP contribution in [-0.4, -0.2) is 15.3 Å². The summed E-state index contributed by atoms with van der Waals surface area (Å²) in [5.41, 5.74) is 6.11. The van der Waals surface area contributed by atoms with Crippen LogP contribution in [0, 0.1) is 0 Å². The largest absolute Gasteiger partial charge is 0.504 e. The van der Waals surface area contributed by atoms with Crippen molar-refractivity contribution >= 4 is 17.3 Å². The zero-order valence-electron chi connectivity index (χ0n) is 11.0. The van der Waals surface area contributed by atoms with Crippen molar-refractivity contribution in [3.05, 3.63) is 39.1 Å². The van der Waals surface area contributed by atoms with Gasteiger partial charge in [-0.05, 0) is 12.0 Å². The third-order valence-corrected chi connectivity index (χ3v) is 2.96. The predicted molar refractivity (Wildman–Crippen MR) is 76.5 cm³/mol. The van der Waals surface area contributed by atoms with Crippen LogP contribution in [0.4, 0.5) is 5.69 Å². The molecule has 0 aliphatic rings. The molecule has 0 bridgehead atoms. The Hall–Kier alpha value is -2.21. The number of nitrogens with one attached hydrogen (secondary N) is 1. The molecule has 1 aromatic heterocycles. The topological polar surface area (TPSA) is 101 Å². The number of nitrogens with two attached hydrogens (primary N) is 1. The van der Waals surface area contributed by atoms with Gasteiger partial charge >= 0.3 is 0 Å².